The number of piperidine rings is 1. The number of esters is 1. The van der Waals surface area contributed by atoms with Crippen molar-refractivity contribution in [1.82, 2.24) is 10.2 Å². The summed E-state index contributed by atoms with van der Waals surface area (Å²) >= 11 is 0. The Bertz CT molecular complexity index is 983. The van der Waals surface area contributed by atoms with E-state index in [9.17, 15) is 9.59 Å². The molecule has 9 nitrogen and oxygen atoms in total. The van der Waals surface area contributed by atoms with Crippen LogP contribution in [0.1, 0.15) is 47.0 Å². The Balaban J connectivity index is 1.48. The molecule has 2 aliphatic rings. The van der Waals surface area contributed by atoms with Crippen LogP contribution in [0.25, 0.3) is 0 Å². The number of Topliss-reactive ketones (excluding diaryl/α,β-unsaturated/α-hetero) is 1. The van der Waals surface area contributed by atoms with Crippen LogP contribution in [0.4, 0.5) is 5.82 Å². The second-order valence-electron chi connectivity index (χ2n) is 7.57. The summed E-state index contributed by atoms with van der Waals surface area (Å²) in [5.41, 5.74) is 0.0764. The quantitative estimate of drug-likeness (QED) is 0.667. The van der Waals surface area contributed by atoms with Gasteiger partial charge in [-0.2, -0.15) is 0 Å². The Morgan fingerprint density at radius 2 is 1.94 bits per heavy atom. The molecule has 1 aromatic heterocycles. The molecule has 0 atom stereocenters. The highest BCUT2D eigenvalue weighted by atomic mass is 16.5. The number of benzene rings is 1. The highest BCUT2D eigenvalue weighted by Gasteiger charge is 2.44. The third kappa shape index (κ3) is 3.99. The average molecular weight is 427 g/mol. The van der Waals surface area contributed by atoms with Crippen molar-refractivity contribution < 1.29 is 28.5 Å². The molecule has 9 heteroatoms. The van der Waals surface area contributed by atoms with Gasteiger partial charge in [0.2, 0.25) is 0 Å². The second-order valence-corrected chi connectivity index (χ2v) is 7.57. The molecule has 0 radical (unpaired) electrons. The fourth-order valence-electron chi connectivity index (χ4n) is 4.08. The first-order chi connectivity index (χ1) is 15.0. The van der Waals surface area contributed by atoms with E-state index in [2.05, 4.69) is 15.1 Å². The van der Waals surface area contributed by atoms with Crippen molar-refractivity contribution in [2.45, 2.75) is 31.8 Å². The van der Waals surface area contributed by atoms with Gasteiger partial charge in [-0.15, -0.1) is 10.2 Å². The van der Waals surface area contributed by atoms with Gasteiger partial charge in [0.25, 0.3) is 0 Å². The monoisotopic (exact) mass is 427 g/mol. The van der Waals surface area contributed by atoms with Crippen molar-refractivity contribution in [3.8, 4) is 17.2 Å². The van der Waals surface area contributed by atoms with Gasteiger partial charge in [-0.1, -0.05) is 0 Å². The van der Waals surface area contributed by atoms with Crippen molar-refractivity contribution in [2.24, 2.45) is 0 Å². The number of anilines is 1. The van der Waals surface area contributed by atoms with Gasteiger partial charge < -0.3 is 23.8 Å². The number of fused-ring (bicyclic) bond motifs is 1. The Hall–Kier alpha value is -3.36. The van der Waals surface area contributed by atoms with E-state index >= 15 is 0 Å². The molecule has 164 valence electrons. The van der Waals surface area contributed by atoms with Gasteiger partial charge in [-0.25, -0.2) is 4.79 Å². The topological polar surface area (TPSA) is 100 Å². The molecule has 3 heterocycles. The van der Waals surface area contributed by atoms with E-state index in [-0.39, 0.29) is 18.1 Å². The maximum atomic E-state index is 13.0. The molecule has 0 saturated carbocycles. The minimum atomic E-state index is -0.573. The molecule has 1 fully saturated rings. The zero-order valence-electron chi connectivity index (χ0n) is 17.8. The Labute approximate surface area is 180 Å². The minimum absolute atomic E-state index is 0.00721. The third-order valence-electron chi connectivity index (χ3n) is 5.72. The molecular formula is C22H25N3O6. The van der Waals surface area contributed by atoms with Crippen molar-refractivity contribution in [3.05, 3.63) is 35.5 Å². The fraction of sp³-hybridized carbons (Fsp3) is 0.455. The molecule has 0 bridgehead atoms. The first kappa shape index (κ1) is 20.9. The maximum Gasteiger partial charge on any atom is 0.358 e. The van der Waals surface area contributed by atoms with E-state index in [1.807, 2.05) is 0 Å². The Kier molecular flexibility index (Phi) is 5.67. The first-order valence-corrected chi connectivity index (χ1v) is 10.2. The van der Waals surface area contributed by atoms with Gasteiger partial charge in [-0.3, -0.25) is 4.79 Å². The van der Waals surface area contributed by atoms with Gasteiger partial charge in [0, 0.05) is 38.1 Å². The SMILES string of the molecule is CCOC(=O)c1ccc(N2CCC3(CC2)CC(=O)c2c(OC)cc(OC)cc2O3)nn1. The third-order valence-corrected chi connectivity index (χ3v) is 5.72. The van der Waals surface area contributed by atoms with Crippen LogP contribution >= 0.6 is 0 Å². The number of hydrogen-bond acceptors (Lipinski definition) is 9. The predicted octanol–water partition coefficient (Wildman–Crippen LogP) is 2.67. The highest BCUT2D eigenvalue weighted by molar-refractivity contribution is 6.03. The number of ether oxygens (including phenoxy) is 4. The molecule has 0 amide bonds. The lowest BCUT2D eigenvalue weighted by Crippen LogP contribution is -2.51. The van der Waals surface area contributed by atoms with Crippen molar-refractivity contribution in [3.63, 3.8) is 0 Å². The Morgan fingerprint density at radius 1 is 1.16 bits per heavy atom. The summed E-state index contributed by atoms with van der Waals surface area (Å²) in [6.45, 7) is 3.33. The number of carbonyl (C=O) groups excluding carboxylic acids is 2. The van der Waals surface area contributed by atoms with Crippen LogP contribution in [-0.2, 0) is 4.74 Å². The van der Waals surface area contributed by atoms with Crippen LogP contribution in [0, 0.1) is 0 Å². The van der Waals surface area contributed by atoms with E-state index in [0.717, 1.165) is 0 Å². The molecule has 1 saturated heterocycles. The number of ketones is 1. The van der Waals surface area contributed by atoms with Gasteiger partial charge in [0.1, 0.15) is 28.4 Å². The summed E-state index contributed by atoms with van der Waals surface area (Å²) in [6.07, 6.45) is 1.60. The maximum absolute atomic E-state index is 13.0. The average Bonchev–Trinajstić information content (AvgIpc) is 2.79. The molecule has 0 aliphatic carbocycles. The largest absolute Gasteiger partial charge is 0.496 e. The zero-order chi connectivity index (χ0) is 22.0. The summed E-state index contributed by atoms with van der Waals surface area (Å²) in [7, 11) is 3.09. The van der Waals surface area contributed by atoms with E-state index in [1.165, 1.54) is 7.11 Å². The van der Waals surface area contributed by atoms with Crippen LogP contribution in [-0.4, -0.2) is 61.5 Å². The van der Waals surface area contributed by atoms with Crippen LogP contribution in [0.3, 0.4) is 0 Å². The summed E-state index contributed by atoms with van der Waals surface area (Å²) in [6, 6.07) is 6.80. The van der Waals surface area contributed by atoms with E-state index in [0.29, 0.717) is 61.0 Å². The van der Waals surface area contributed by atoms with Crippen LogP contribution < -0.4 is 19.1 Å². The summed E-state index contributed by atoms with van der Waals surface area (Å²) in [5.74, 6) is 1.73. The summed E-state index contributed by atoms with van der Waals surface area (Å²) in [4.78, 5) is 26.8. The molecular weight excluding hydrogens is 402 g/mol. The number of hydrogen-bond donors (Lipinski definition) is 0. The molecule has 0 N–H and O–H groups in total. The number of methoxy groups -OCH3 is 2. The van der Waals surface area contributed by atoms with Gasteiger partial charge >= 0.3 is 5.97 Å². The molecule has 4 rings (SSSR count). The van der Waals surface area contributed by atoms with Gasteiger partial charge in [0.15, 0.2) is 17.3 Å². The lowest BCUT2D eigenvalue weighted by molar-refractivity contribution is 0.0224. The predicted molar refractivity (Wildman–Crippen MR) is 111 cm³/mol. The first-order valence-electron chi connectivity index (χ1n) is 10.2. The minimum Gasteiger partial charge on any atom is -0.496 e. The highest BCUT2D eigenvalue weighted by Crippen LogP contribution is 2.45. The number of carbonyl (C=O) groups is 2. The van der Waals surface area contributed by atoms with Crippen molar-refractivity contribution in [2.75, 3.05) is 38.8 Å². The molecule has 0 unspecified atom stereocenters. The number of nitrogens with zero attached hydrogens (tertiary/aromatic N) is 3. The summed E-state index contributed by atoms with van der Waals surface area (Å²) < 4.78 is 22.0. The smallest absolute Gasteiger partial charge is 0.358 e. The lowest BCUT2D eigenvalue weighted by atomic mass is 9.82. The van der Waals surface area contributed by atoms with Crippen molar-refractivity contribution in [1.29, 1.82) is 0 Å². The van der Waals surface area contributed by atoms with Crippen LogP contribution in [0.5, 0.6) is 17.2 Å². The normalized spacial score (nSPS) is 17.0. The fourth-order valence-corrected chi connectivity index (χ4v) is 4.08. The number of aromatic nitrogens is 2. The van der Waals surface area contributed by atoms with Crippen molar-refractivity contribution >= 4 is 17.6 Å². The van der Waals surface area contributed by atoms with Gasteiger partial charge in [0.05, 0.1) is 27.2 Å². The lowest BCUT2D eigenvalue weighted by Gasteiger charge is -2.44. The molecule has 1 spiro atoms. The second kappa shape index (κ2) is 8.41. The standard InChI is InChI=1S/C22H25N3O6/c1-4-30-21(27)15-5-6-19(24-23-15)25-9-7-22(8-10-25)13-16(26)20-17(29-3)11-14(28-2)12-18(20)31-22/h5-6,11-12H,4,7-10,13H2,1-3H3. The van der Waals surface area contributed by atoms with E-state index in [4.69, 9.17) is 18.9 Å². The molecule has 2 aromatic rings. The number of rotatable bonds is 5. The molecule has 31 heavy (non-hydrogen) atoms. The molecule has 1 aromatic carbocycles. The summed E-state index contributed by atoms with van der Waals surface area (Å²) in [5, 5.41) is 8.15. The van der Waals surface area contributed by atoms with E-state index < -0.39 is 11.6 Å². The van der Waals surface area contributed by atoms with Gasteiger partial charge in [-0.05, 0) is 19.1 Å². The van der Waals surface area contributed by atoms with E-state index in [1.54, 1.807) is 38.3 Å². The van der Waals surface area contributed by atoms with Crippen LogP contribution in [0.15, 0.2) is 24.3 Å². The zero-order valence-corrected chi connectivity index (χ0v) is 17.8. The van der Waals surface area contributed by atoms with Crippen LogP contribution in [0.2, 0.25) is 0 Å². The Morgan fingerprint density at radius 3 is 2.55 bits per heavy atom. The molecule has 2 aliphatic heterocycles.